The van der Waals surface area contributed by atoms with Crippen molar-refractivity contribution in [2.24, 2.45) is 0 Å². The molecule has 2 aromatic heterocycles. The summed E-state index contributed by atoms with van der Waals surface area (Å²) < 4.78 is 0.583. The Bertz CT molecular complexity index is 507. The Labute approximate surface area is 99.6 Å². The van der Waals surface area contributed by atoms with Gasteiger partial charge in [-0.3, -0.25) is 9.89 Å². The van der Waals surface area contributed by atoms with Gasteiger partial charge in [0.25, 0.3) is 5.91 Å². The van der Waals surface area contributed by atoms with Crippen LogP contribution in [-0.4, -0.2) is 26.1 Å². The fourth-order valence-corrected chi connectivity index (χ4v) is 1.30. The molecule has 0 unspecified atom stereocenters. The number of aromatic amines is 1. The number of H-pyrrole nitrogens is 1. The topological polar surface area (TPSA) is 83.6 Å². The second-order valence-electron chi connectivity index (χ2n) is 3.11. The fourth-order valence-electron chi connectivity index (χ4n) is 1.09. The number of anilines is 1. The van der Waals surface area contributed by atoms with Gasteiger partial charge in [-0.1, -0.05) is 0 Å². The summed E-state index contributed by atoms with van der Waals surface area (Å²) in [5.74, 6) is 0.124. The van der Waals surface area contributed by atoms with Crippen molar-refractivity contribution in [1.82, 2.24) is 20.2 Å². The number of hydrogen-bond acceptors (Lipinski definition) is 4. The van der Waals surface area contributed by atoms with Crippen LogP contribution in [0.3, 0.4) is 0 Å². The Kier molecular flexibility index (Phi) is 2.95. The molecule has 82 valence electrons. The van der Waals surface area contributed by atoms with Gasteiger partial charge in [0.2, 0.25) is 0 Å². The molecular weight excluding hydrogens is 274 g/mol. The minimum Gasteiger partial charge on any atom is -0.304 e. The summed E-state index contributed by atoms with van der Waals surface area (Å²) in [6.07, 6.45) is 2.85. The largest absolute Gasteiger partial charge is 0.304 e. The van der Waals surface area contributed by atoms with Gasteiger partial charge < -0.3 is 5.32 Å². The van der Waals surface area contributed by atoms with Crippen LogP contribution in [0.25, 0.3) is 0 Å². The number of aryl methyl sites for hydroxylation is 1. The number of halogens is 1. The first kappa shape index (κ1) is 10.7. The molecule has 0 atom stereocenters. The summed E-state index contributed by atoms with van der Waals surface area (Å²) in [4.78, 5) is 19.5. The fraction of sp³-hybridized carbons (Fsp3) is 0.111. The van der Waals surface area contributed by atoms with Crippen molar-refractivity contribution in [1.29, 1.82) is 0 Å². The molecule has 0 fully saturated rings. The van der Waals surface area contributed by atoms with Crippen LogP contribution in [0.4, 0.5) is 5.82 Å². The lowest BCUT2D eigenvalue weighted by Gasteiger charge is -1.99. The van der Waals surface area contributed by atoms with Gasteiger partial charge in [-0.05, 0) is 22.9 Å². The number of rotatable bonds is 2. The maximum atomic E-state index is 11.7. The summed E-state index contributed by atoms with van der Waals surface area (Å²) in [5, 5.41) is 9.21. The van der Waals surface area contributed by atoms with Gasteiger partial charge in [-0.15, -0.1) is 0 Å². The summed E-state index contributed by atoms with van der Waals surface area (Å²) in [5.41, 5.74) is 1.11. The van der Waals surface area contributed by atoms with Crippen LogP contribution in [0.1, 0.15) is 16.2 Å². The maximum absolute atomic E-state index is 11.7. The first-order valence-electron chi connectivity index (χ1n) is 4.46. The Morgan fingerprint density at radius 3 is 2.81 bits per heavy atom. The molecule has 0 radical (unpaired) electrons. The molecule has 7 heteroatoms. The quantitative estimate of drug-likeness (QED) is 0.874. The zero-order chi connectivity index (χ0) is 11.5. The van der Waals surface area contributed by atoms with Crippen LogP contribution >= 0.6 is 15.9 Å². The molecule has 0 bridgehead atoms. The molecule has 6 nitrogen and oxygen atoms in total. The van der Waals surface area contributed by atoms with Crippen LogP contribution in [-0.2, 0) is 0 Å². The number of aromatic nitrogens is 4. The second kappa shape index (κ2) is 4.40. The third kappa shape index (κ3) is 2.43. The van der Waals surface area contributed by atoms with Crippen molar-refractivity contribution in [3.63, 3.8) is 0 Å². The molecule has 2 aromatic rings. The number of carbonyl (C=O) groups is 1. The van der Waals surface area contributed by atoms with Gasteiger partial charge in [-0.25, -0.2) is 9.97 Å². The van der Waals surface area contributed by atoms with Crippen molar-refractivity contribution in [3.05, 3.63) is 34.5 Å². The first-order valence-corrected chi connectivity index (χ1v) is 5.25. The zero-order valence-corrected chi connectivity index (χ0v) is 9.95. The first-order chi connectivity index (χ1) is 7.65. The molecule has 16 heavy (non-hydrogen) atoms. The van der Waals surface area contributed by atoms with Crippen molar-refractivity contribution < 1.29 is 4.79 Å². The van der Waals surface area contributed by atoms with Gasteiger partial charge in [-0.2, -0.15) is 5.10 Å². The SMILES string of the molecule is Cc1cc(NC(=O)c2cnc(Br)cn2)n[nH]1. The average Bonchev–Trinajstić information content (AvgIpc) is 2.65. The lowest BCUT2D eigenvalue weighted by atomic mass is 10.4. The van der Waals surface area contributed by atoms with E-state index in [1.54, 1.807) is 6.07 Å². The summed E-state index contributed by atoms with van der Waals surface area (Å²) >= 11 is 3.14. The van der Waals surface area contributed by atoms with E-state index in [2.05, 4.69) is 41.4 Å². The van der Waals surface area contributed by atoms with E-state index >= 15 is 0 Å². The summed E-state index contributed by atoms with van der Waals surface area (Å²) in [7, 11) is 0. The molecule has 0 aliphatic carbocycles. The van der Waals surface area contributed by atoms with Crippen molar-refractivity contribution in [3.8, 4) is 0 Å². The minimum absolute atomic E-state index is 0.240. The Balaban J connectivity index is 2.11. The van der Waals surface area contributed by atoms with Crippen molar-refractivity contribution in [2.45, 2.75) is 6.92 Å². The van der Waals surface area contributed by atoms with Gasteiger partial charge in [0.15, 0.2) is 5.82 Å². The van der Waals surface area contributed by atoms with Crippen molar-refractivity contribution >= 4 is 27.7 Å². The molecule has 2 N–H and O–H groups in total. The van der Waals surface area contributed by atoms with E-state index in [0.29, 0.717) is 10.4 Å². The Morgan fingerprint density at radius 2 is 2.25 bits per heavy atom. The number of nitrogens with zero attached hydrogens (tertiary/aromatic N) is 3. The molecule has 2 rings (SSSR count). The van der Waals surface area contributed by atoms with E-state index in [0.717, 1.165) is 5.69 Å². The predicted octanol–water partition coefficient (Wildman–Crippen LogP) is 1.52. The molecular formula is C9H8BrN5O. The highest BCUT2D eigenvalue weighted by Crippen LogP contribution is 2.07. The molecule has 1 amide bonds. The molecule has 0 saturated heterocycles. The smallest absolute Gasteiger partial charge is 0.277 e. The van der Waals surface area contributed by atoms with E-state index in [-0.39, 0.29) is 11.6 Å². The van der Waals surface area contributed by atoms with Crippen LogP contribution in [0.15, 0.2) is 23.1 Å². The average molecular weight is 282 g/mol. The lowest BCUT2D eigenvalue weighted by molar-refractivity contribution is 0.102. The van der Waals surface area contributed by atoms with Crippen molar-refractivity contribution in [2.75, 3.05) is 5.32 Å². The van der Waals surface area contributed by atoms with Gasteiger partial charge in [0, 0.05) is 11.8 Å². The summed E-state index contributed by atoms with van der Waals surface area (Å²) in [6.45, 7) is 1.85. The van der Waals surface area contributed by atoms with E-state index in [1.165, 1.54) is 12.4 Å². The normalized spacial score (nSPS) is 10.1. The highest BCUT2D eigenvalue weighted by Gasteiger charge is 2.09. The van der Waals surface area contributed by atoms with Crippen LogP contribution in [0.2, 0.25) is 0 Å². The van der Waals surface area contributed by atoms with E-state index in [4.69, 9.17) is 0 Å². The third-order valence-electron chi connectivity index (χ3n) is 1.80. The summed E-state index contributed by atoms with van der Waals surface area (Å²) in [6, 6.07) is 1.73. The number of amides is 1. The van der Waals surface area contributed by atoms with Gasteiger partial charge >= 0.3 is 0 Å². The maximum Gasteiger partial charge on any atom is 0.277 e. The molecule has 0 aliphatic rings. The molecule has 0 saturated carbocycles. The minimum atomic E-state index is -0.341. The monoisotopic (exact) mass is 281 g/mol. The molecule has 0 spiro atoms. The lowest BCUT2D eigenvalue weighted by Crippen LogP contribution is -2.14. The standard InChI is InChI=1S/C9H8BrN5O/c1-5-2-8(15-14-5)13-9(16)6-3-12-7(10)4-11-6/h2-4H,1H3,(H2,13,14,15,16). The highest BCUT2D eigenvalue weighted by atomic mass is 79.9. The third-order valence-corrected chi connectivity index (χ3v) is 2.21. The van der Waals surface area contributed by atoms with Crippen LogP contribution in [0.5, 0.6) is 0 Å². The molecule has 0 aliphatic heterocycles. The highest BCUT2D eigenvalue weighted by molar-refractivity contribution is 9.10. The zero-order valence-electron chi connectivity index (χ0n) is 8.36. The van der Waals surface area contributed by atoms with E-state index in [9.17, 15) is 4.79 Å². The predicted molar refractivity (Wildman–Crippen MR) is 61.0 cm³/mol. The molecule has 2 heterocycles. The van der Waals surface area contributed by atoms with Gasteiger partial charge in [0.05, 0.1) is 12.4 Å². The second-order valence-corrected chi connectivity index (χ2v) is 3.93. The van der Waals surface area contributed by atoms with E-state index in [1.807, 2.05) is 6.92 Å². The number of nitrogens with one attached hydrogen (secondary N) is 2. The number of hydrogen-bond donors (Lipinski definition) is 2. The Morgan fingerprint density at radius 1 is 1.44 bits per heavy atom. The number of carbonyl (C=O) groups excluding carboxylic acids is 1. The van der Waals surface area contributed by atoms with Gasteiger partial charge in [0.1, 0.15) is 10.3 Å². The molecule has 0 aromatic carbocycles. The van der Waals surface area contributed by atoms with Crippen LogP contribution in [0, 0.1) is 6.92 Å². The van der Waals surface area contributed by atoms with E-state index < -0.39 is 0 Å². The van der Waals surface area contributed by atoms with Crippen LogP contribution < -0.4 is 5.32 Å². The Hall–Kier alpha value is -1.76.